The van der Waals surface area contributed by atoms with E-state index in [9.17, 15) is 0 Å². The van der Waals surface area contributed by atoms with Crippen LogP contribution >= 0.6 is 24.8 Å². The van der Waals surface area contributed by atoms with Crippen LogP contribution < -0.4 is 6.54 Å². The zero-order valence-corrected chi connectivity index (χ0v) is 30.8. The van der Waals surface area contributed by atoms with Crippen molar-refractivity contribution in [3.63, 3.8) is 0 Å². The average Bonchev–Trinajstić information content (AvgIpc) is 3.47. The molecule has 0 aliphatic heterocycles. The van der Waals surface area contributed by atoms with E-state index >= 15 is 0 Å². The van der Waals surface area contributed by atoms with Gasteiger partial charge in [0.15, 0.2) is 0 Å². The summed E-state index contributed by atoms with van der Waals surface area (Å²) in [5.41, 5.74) is 13.2. The van der Waals surface area contributed by atoms with Gasteiger partial charge in [-0.25, -0.2) is 0 Å². The summed E-state index contributed by atoms with van der Waals surface area (Å²) < 4.78 is 13.0. The Morgan fingerprint density at radius 1 is 0.878 bits per heavy atom. The number of unbranched alkanes of at least 4 members (excludes halogenated alkanes) is 1. The van der Waals surface area contributed by atoms with Crippen molar-refractivity contribution >= 4 is 35.6 Å². The van der Waals surface area contributed by atoms with Crippen LogP contribution in [0.2, 0.25) is 4.63 Å². The van der Waals surface area contributed by atoms with Crippen molar-refractivity contribution < 1.29 is 18.3 Å². The van der Waals surface area contributed by atoms with Gasteiger partial charge < -0.3 is 0 Å². The Morgan fingerprint density at radius 2 is 1.49 bits per heavy atom. The number of benzene rings is 3. The van der Waals surface area contributed by atoms with Crippen molar-refractivity contribution in [3.05, 3.63) is 103 Å². The zero-order chi connectivity index (χ0) is 28.4. The monoisotopic (exact) mass is 666 g/mol. The van der Waals surface area contributed by atoms with Crippen molar-refractivity contribution in [1.29, 1.82) is 0 Å². The molecule has 0 saturated heterocycles. The first-order valence-electron chi connectivity index (χ1n) is 15.1. The van der Waals surface area contributed by atoms with Crippen LogP contribution in [-0.2, 0) is 24.7 Å². The molecule has 3 heteroatoms. The summed E-state index contributed by atoms with van der Waals surface area (Å²) in [6.45, 7) is 18.7. The number of fused-ring (bicyclic) bond motifs is 3. The molecule has 41 heavy (non-hydrogen) atoms. The molecule has 5 rings (SSSR count). The molecule has 2 aliphatic carbocycles. The van der Waals surface area contributed by atoms with Crippen LogP contribution in [0.15, 0.2) is 69.5 Å². The normalized spacial score (nSPS) is 16.3. The molecule has 0 amide bonds. The summed E-state index contributed by atoms with van der Waals surface area (Å²) in [5, 5.41) is 0. The number of rotatable bonds is 6. The first-order valence-corrected chi connectivity index (χ1v) is 22.9. The molecule has 0 N–H and O–H groups in total. The summed E-state index contributed by atoms with van der Waals surface area (Å²) in [6.07, 6.45) is 9.98. The Labute approximate surface area is 263 Å². The van der Waals surface area contributed by atoms with Gasteiger partial charge in [-0.2, -0.15) is 0 Å². The molecule has 1 unspecified atom stereocenters. The zero-order valence-electron chi connectivity index (χ0n) is 26.7. The quantitative estimate of drug-likeness (QED) is 0.192. The minimum atomic E-state index is -4.34. The van der Waals surface area contributed by atoms with E-state index in [4.69, 9.17) is 4.21 Å². The van der Waals surface area contributed by atoms with Crippen LogP contribution in [-0.4, -0.2) is 4.21 Å². The fourth-order valence-corrected chi connectivity index (χ4v) is 22.4. The first-order chi connectivity index (χ1) is 18.3. The second-order valence-electron chi connectivity index (χ2n) is 14.1. The van der Waals surface area contributed by atoms with E-state index in [2.05, 4.69) is 121 Å². The summed E-state index contributed by atoms with van der Waals surface area (Å²) in [7, 11) is 0. The van der Waals surface area contributed by atoms with E-state index in [1.165, 1.54) is 67.1 Å². The molecule has 0 fully saturated rings. The van der Waals surface area contributed by atoms with Crippen LogP contribution in [0.1, 0.15) is 80.3 Å². The molecule has 0 spiro atoms. The molecule has 2 aliphatic rings. The van der Waals surface area contributed by atoms with Gasteiger partial charge >= 0.3 is 240 Å². The third kappa shape index (κ3) is 5.50. The van der Waals surface area contributed by atoms with E-state index < -0.39 is 18.3 Å². The van der Waals surface area contributed by atoms with Crippen LogP contribution in [0.25, 0.3) is 11.1 Å². The summed E-state index contributed by atoms with van der Waals surface area (Å²) >= 11 is -4.34. The van der Waals surface area contributed by atoms with Crippen molar-refractivity contribution in [1.82, 2.24) is 0 Å². The van der Waals surface area contributed by atoms with Crippen LogP contribution in [0, 0.1) is 39.0 Å². The van der Waals surface area contributed by atoms with Gasteiger partial charge in [-0.15, -0.1) is 24.8 Å². The molecular formula is C38H50Cl2Zr. The van der Waals surface area contributed by atoms with Crippen LogP contribution in [0.4, 0.5) is 0 Å². The second kappa shape index (κ2) is 11.9. The third-order valence-electron chi connectivity index (χ3n) is 10.2. The summed E-state index contributed by atoms with van der Waals surface area (Å²) in [5.74, 6) is 0.469. The Bertz CT molecular complexity index is 1600. The van der Waals surface area contributed by atoms with Gasteiger partial charge in [0, 0.05) is 0 Å². The number of aryl methyl sites for hydroxylation is 3. The Balaban J connectivity index is 0.00000231. The molecule has 220 valence electrons. The van der Waals surface area contributed by atoms with Gasteiger partial charge in [0.1, 0.15) is 0 Å². The predicted molar refractivity (Wildman–Crippen MR) is 185 cm³/mol. The van der Waals surface area contributed by atoms with E-state index in [1.54, 1.807) is 12.1 Å². The summed E-state index contributed by atoms with van der Waals surface area (Å²) in [6, 6.07) is 18.9. The van der Waals surface area contributed by atoms with Crippen LogP contribution in [0.5, 0.6) is 0 Å². The first kappa shape index (κ1) is 34.0. The molecule has 0 nitrogen and oxygen atoms in total. The second-order valence-corrected chi connectivity index (χ2v) is 28.0. The van der Waals surface area contributed by atoms with Gasteiger partial charge in [0.2, 0.25) is 0 Å². The summed E-state index contributed by atoms with van der Waals surface area (Å²) in [4.78, 5) is 0. The molecule has 0 bridgehead atoms. The number of hydrogen-bond acceptors (Lipinski definition) is 0. The maximum atomic E-state index is 5.58. The standard InChI is InChI=1S/C17H17.C13H21.C6H5.CH3.CH2.2ClH.Zr/c1-10-5-14-9-15-6-11(2)13(4)8-17(15)16(14)7-12(10)3;1-5-6-7-11-8-9-12(10-11)13(2,3)4;1-2-4-6-5-3-1;;;;;/h5,7-8H,9H2,1-4H3;9-11H,5-7H2,1-4H3;1-5H;1H3;1H2;2*1H;. The maximum absolute atomic E-state index is 5.58. The molecule has 3 aromatic rings. The van der Waals surface area contributed by atoms with E-state index in [0.717, 1.165) is 6.42 Å². The Morgan fingerprint density at radius 3 is 2.10 bits per heavy atom. The Hall–Kier alpha value is -1.53. The predicted octanol–water partition coefficient (Wildman–Crippen LogP) is 10.1. The SMILES string of the molecule is Cl.Cl.[CH2]=[Zr]([CH3])([C]1=CC(C(C)(C)C)=CC1CCCC)([c]1ccccc1)[c]1c(C)c(C)cc2c1Cc1cc(C)c(C)cc1-2. The van der Waals surface area contributed by atoms with Gasteiger partial charge in [-0.1, -0.05) is 0 Å². The molecule has 0 radical (unpaired) electrons. The fraction of sp³-hybridized carbons (Fsp3) is 0.395. The molecule has 1 atom stereocenters. The fourth-order valence-electron chi connectivity index (χ4n) is 7.57. The van der Waals surface area contributed by atoms with Gasteiger partial charge in [-0.05, 0) is 0 Å². The number of halogens is 2. The molecule has 0 aromatic heterocycles. The molecule has 0 heterocycles. The Kier molecular flexibility index (Phi) is 9.83. The number of allylic oxidation sites excluding steroid dienone is 4. The van der Waals surface area contributed by atoms with E-state index in [0.29, 0.717) is 5.92 Å². The molecule has 0 saturated carbocycles. The van der Waals surface area contributed by atoms with Crippen molar-refractivity contribution in [3.8, 4) is 11.1 Å². The van der Waals surface area contributed by atoms with E-state index in [-0.39, 0.29) is 30.2 Å². The third-order valence-corrected chi connectivity index (χ3v) is 24.9. The average molecular weight is 669 g/mol. The topological polar surface area (TPSA) is 0 Å². The van der Waals surface area contributed by atoms with E-state index in [1.807, 2.05) is 0 Å². The minimum absolute atomic E-state index is 0. The van der Waals surface area contributed by atoms with Crippen molar-refractivity contribution in [2.45, 2.75) is 85.7 Å². The van der Waals surface area contributed by atoms with Crippen molar-refractivity contribution in [2.75, 3.05) is 0 Å². The number of hydrogen-bond donors (Lipinski definition) is 0. The molecule has 3 aromatic carbocycles. The van der Waals surface area contributed by atoms with Gasteiger partial charge in [0.05, 0.1) is 0 Å². The van der Waals surface area contributed by atoms with Gasteiger partial charge in [0.25, 0.3) is 0 Å². The molecular weight excluding hydrogens is 619 g/mol. The van der Waals surface area contributed by atoms with Gasteiger partial charge in [-0.3, -0.25) is 0 Å². The van der Waals surface area contributed by atoms with Crippen molar-refractivity contribution in [2.24, 2.45) is 11.3 Å². The van der Waals surface area contributed by atoms with Crippen LogP contribution in [0.3, 0.4) is 0 Å².